The van der Waals surface area contributed by atoms with E-state index in [0.29, 0.717) is 56.9 Å². The zero-order valence-electron chi connectivity index (χ0n) is 27.7. The van der Waals surface area contributed by atoms with Crippen LogP contribution in [0.15, 0.2) is 37.9 Å². The first-order valence-electron chi connectivity index (χ1n) is 16.4. The maximum Gasteiger partial charge on any atom is 0.519 e. The number of hydrogen-bond acceptors (Lipinski definition) is 9. The van der Waals surface area contributed by atoms with Gasteiger partial charge in [0.2, 0.25) is 17.7 Å². The van der Waals surface area contributed by atoms with Crippen molar-refractivity contribution in [1.29, 1.82) is 0 Å². The van der Waals surface area contributed by atoms with Crippen molar-refractivity contribution < 1.29 is 32.7 Å². The second kappa shape index (κ2) is 14.6. The fraction of sp³-hybridized carbons (Fsp3) is 0.606. The molecule has 256 valence electrons. The monoisotopic (exact) mass is 654 g/mol. The number of urea groups is 1. The number of nitrogens with one attached hydrogen (secondary N) is 3. The second-order valence-corrected chi connectivity index (χ2v) is 13.0. The van der Waals surface area contributed by atoms with Crippen LogP contribution in [0.3, 0.4) is 0 Å². The van der Waals surface area contributed by atoms with Crippen molar-refractivity contribution >= 4 is 23.8 Å². The molecule has 0 bridgehead atoms. The van der Waals surface area contributed by atoms with Crippen LogP contribution in [0.1, 0.15) is 69.6 Å². The van der Waals surface area contributed by atoms with Crippen LogP contribution in [0, 0.1) is 12.8 Å². The normalized spacial score (nSPS) is 23.3. The summed E-state index contributed by atoms with van der Waals surface area (Å²) in [4.78, 5) is 71.5. The van der Waals surface area contributed by atoms with Gasteiger partial charge in [0.25, 0.3) is 0 Å². The van der Waals surface area contributed by atoms with Crippen LogP contribution in [-0.2, 0) is 20.9 Å². The molecule has 1 aromatic carbocycles. The van der Waals surface area contributed by atoms with Crippen LogP contribution in [0.2, 0.25) is 0 Å². The van der Waals surface area contributed by atoms with E-state index in [0.717, 1.165) is 11.3 Å². The molecule has 14 heteroatoms. The Morgan fingerprint density at radius 1 is 1.00 bits per heavy atom. The Bertz CT molecular complexity index is 1520. The number of benzene rings is 1. The van der Waals surface area contributed by atoms with E-state index < -0.39 is 35.8 Å². The van der Waals surface area contributed by atoms with Crippen molar-refractivity contribution in [3.8, 4) is 5.75 Å². The highest BCUT2D eigenvalue weighted by Gasteiger charge is 2.46. The van der Waals surface area contributed by atoms with E-state index in [4.69, 9.17) is 13.6 Å². The fourth-order valence-electron chi connectivity index (χ4n) is 6.83. The van der Waals surface area contributed by atoms with Crippen LogP contribution >= 0.6 is 0 Å². The van der Waals surface area contributed by atoms with E-state index >= 15 is 0 Å². The molecule has 14 nitrogen and oxygen atoms in total. The smallest absolute Gasteiger partial charge is 0.493 e. The Kier molecular flexibility index (Phi) is 10.6. The SMILES string of the molecule is CNC(=O)N1CC[C@H]2CC[C@@H](C(=O)N[C@@H]3CCOc4ccccc43)N2C(=O)[C@@H](NC(=O)[C@H](C)N(Cc2oc(=O)oc2C)CC(C)C)C1. The van der Waals surface area contributed by atoms with Gasteiger partial charge in [0.1, 0.15) is 23.6 Å². The van der Waals surface area contributed by atoms with Crippen molar-refractivity contribution in [2.75, 3.05) is 33.3 Å². The maximum absolute atomic E-state index is 14.4. The third kappa shape index (κ3) is 7.64. The van der Waals surface area contributed by atoms with Gasteiger partial charge in [-0.15, -0.1) is 0 Å². The van der Waals surface area contributed by atoms with Crippen molar-refractivity contribution in [3.63, 3.8) is 0 Å². The van der Waals surface area contributed by atoms with Crippen molar-refractivity contribution in [2.24, 2.45) is 5.92 Å². The zero-order valence-corrected chi connectivity index (χ0v) is 27.7. The van der Waals surface area contributed by atoms with Crippen LogP contribution in [-0.4, -0.2) is 95.9 Å². The molecule has 3 N–H and O–H groups in total. The summed E-state index contributed by atoms with van der Waals surface area (Å²) < 4.78 is 16.0. The standard InChI is InChI=1S/C33H46N6O8/c1-19(2)16-38(18-28-21(4)46-33(44)47-28)20(3)29(40)36-25-17-37(32(43)34-5)14-12-22-10-11-26(39(22)31(25)42)30(41)35-24-13-15-45-27-9-7-6-8-23(24)27/h6-9,19-20,22,24-26H,10-18H2,1-5H3,(H,34,43)(H,35,41)(H,36,40)/t20-,22+,24+,25-,26-/m0/s1. The van der Waals surface area contributed by atoms with Gasteiger partial charge in [-0.25, -0.2) is 9.59 Å². The Morgan fingerprint density at radius 3 is 2.47 bits per heavy atom. The number of para-hydroxylation sites is 1. The van der Waals surface area contributed by atoms with E-state index in [1.54, 1.807) is 18.7 Å². The minimum absolute atomic E-state index is 0.0538. The average molecular weight is 655 g/mol. The van der Waals surface area contributed by atoms with Gasteiger partial charge in [-0.05, 0) is 45.1 Å². The lowest BCUT2D eigenvalue weighted by Crippen LogP contribution is -2.63. The molecule has 0 unspecified atom stereocenters. The largest absolute Gasteiger partial charge is 0.519 e. The van der Waals surface area contributed by atoms with Gasteiger partial charge in [0.05, 0.1) is 31.8 Å². The summed E-state index contributed by atoms with van der Waals surface area (Å²) >= 11 is 0. The number of carbonyl (C=O) groups excluding carboxylic acids is 4. The van der Waals surface area contributed by atoms with E-state index in [2.05, 4.69) is 16.0 Å². The summed E-state index contributed by atoms with van der Waals surface area (Å²) in [7, 11) is 1.52. The Labute approximate surface area is 274 Å². The molecule has 47 heavy (non-hydrogen) atoms. The average Bonchev–Trinajstić information content (AvgIpc) is 3.61. The lowest BCUT2D eigenvalue weighted by molar-refractivity contribution is -0.145. The third-order valence-electron chi connectivity index (χ3n) is 9.29. The molecule has 5 atom stereocenters. The summed E-state index contributed by atoms with van der Waals surface area (Å²) in [5.74, 6) is -0.327. The highest BCUT2D eigenvalue weighted by atomic mass is 16.6. The van der Waals surface area contributed by atoms with Gasteiger partial charge in [0.15, 0.2) is 5.76 Å². The van der Waals surface area contributed by atoms with Gasteiger partial charge in [-0.1, -0.05) is 32.0 Å². The number of carbonyl (C=O) groups is 4. The van der Waals surface area contributed by atoms with Crippen molar-refractivity contribution in [2.45, 2.75) is 90.1 Å². The van der Waals surface area contributed by atoms with Crippen molar-refractivity contribution in [1.82, 2.24) is 30.7 Å². The van der Waals surface area contributed by atoms with E-state index in [9.17, 15) is 24.0 Å². The number of rotatable bonds is 9. The first-order valence-corrected chi connectivity index (χ1v) is 16.4. The van der Waals surface area contributed by atoms with Gasteiger partial charge in [-0.3, -0.25) is 19.3 Å². The molecule has 0 aliphatic carbocycles. The van der Waals surface area contributed by atoms with Crippen LogP contribution in [0.25, 0.3) is 0 Å². The number of hydrogen-bond donors (Lipinski definition) is 3. The molecule has 2 aromatic rings. The van der Waals surface area contributed by atoms with E-state index in [1.807, 2.05) is 43.0 Å². The molecule has 2 saturated heterocycles. The van der Waals surface area contributed by atoms with E-state index in [1.165, 1.54) is 11.9 Å². The molecule has 2 fully saturated rings. The highest BCUT2D eigenvalue weighted by Crippen LogP contribution is 2.34. The second-order valence-electron chi connectivity index (χ2n) is 13.0. The molecule has 0 saturated carbocycles. The van der Waals surface area contributed by atoms with E-state index in [-0.39, 0.29) is 43.0 Å². The molecule has 4 heterocycles. The molecule has 5 amide bonds. The predicted molar refractivity (Wildman–Crippen MR) is 170 cm³/mol. The quantitative estimate of drug-likeness (QED) is 0.366. The molecule has 5 rings (SSSR count). The minimum Gasteiger partial charge on any atom is -0.493 e. The number of nitrogens with zero attached hydrogens (tertiary/aromatic N) is 3. The summed E-state index contributed by atoms with van der Waals surface area (Å²) in [6.45, 7) is 8.78. The summed E-state index contributed by atoms with van der Waals surface area (Å²) in [6, 6.07) is 4.21. The molecule has 0 radical (unpaired) electrons. The molecule has 1 aromatic heterocycles. The zero-order chi connectivity index (χ0) is 33.8. The molecule has 3 aliphatic heterocycles. The molecule has 3 aliphatic rings. The maximum atomic E-state index is 14.4. The predicted octanol–water partition coefficient (Wildman–Crippen LogP) is 1.92. The molecule has 0 spiro atoms. The number of aryl methyl sites for hydroxylation is 1. The third-order valence-corrected chi connectivity index (χ3v) is 9.29. The summed E-state index contributed by atoms with van der Waals surface area (Å²) in [6.07, 6.45) is 2.20. The molecular weight excluding hydrogens is 608 g/mol. The van der Waals surface area contributed by atoms with Crippen LogP contribution in [0.5, 0.6) is 5.75 Å². The van der Waals surface area contributed by atoms with Crippen molar-refractivity contribution in [3.05, 3.63) is 52.0 Å². The minimum atomic E-state index is -1.09. The lowest BCUT2D eigenvalue weighted by atomic mass is 10.00. The number of amides is 5. The first-order chi connectivity index (χ1) is 22.5. The molecular formula is C33H46N6O8. The number of fused-ring (bicyclic) bond motifs is 2. The van der Waals surface area contributed by atoms with Gasteiger partial charge in [-0.2, -0.15) is 0 Å². The van der Waals surface area contributed by atoms with Crippen LogP contribution in [0.4, 0.5) is 4.79 Å². The lowest BCUT2D eigenvalue weighted by Gasteiger charge is -2.39. The Morgan fingerprint density at radius 2 is 1.77 bits per heavy atom. The summed E-state index contributed by atoms with van der Waals surface area (Å²) in [5.41, 5.74) is 0.900. The highest BCUT2D eigenvalue weighted by molar-refractivity contribution is 5.94. The number of ether oxygens (including phenoxy) is 1. The topological polar surface area (TPSA) is 167 Å². The fourth-order valence-corrected chi connectivity index (χ4v) is 6.83. The van der Waals surface area contributed by atoms with Gasteiger partial charge in [0, 0.05) is 38.2 Å². The van der Waals surface area contributed by atoms with Crippen LogP contribution < -0.4 is 26.5 Å². The van der Waals surface area contributed by atoms with Gasteiger partial charge >= 0.3 is 11.9 Å². The Balaban J connectivity index is 1.36. The Hall–Kier alpha value is -4.33. The summed E-state index contributed by atoms with van der Waals surface area (Å²) in [5, 5.41) is 8.70. The first kappa shape index (κ1) is 34.0. The van der Waals surface area contributed by atoms with Gasteiger partial charge < -0.3 is 39.3 Å².